The van der Waals surface area contributed by atoms with Crippen molar-refractivity contribution < 1.29 is 19.2 Å². The third kappa shape index (κ3) is 19.5. The Morgan fingerprint density at radius 3 is 0.695 bits per heavy atom. The number of hydrogen-bond acceptors (Lipinski definition) is 6. The van der Waals surface area contributed by atoms with Gasteiger partial charge in [-0.25, -0.2) is 0 Å². The summed E-state index contributed by atoms with van der Waals surface area (Å²) in [5.74, 6) is 18.7. The highest BCUT2D eigenvalue weighted by Crippen LogP contribution is 2.73. The van der Waals surface area contributed by atoms with Gasteiger partial charge in [0.1, 0.15) is 0 Å². The van der Waals surface area contributed by atoms with Crippen molar-refractivity contribution in [3.8, 4) is 0 Å². The summed E-state index contributed by atoms with van der Waals surface area (Å²) < 4.78 is 0. The van der Waals surface area contributed by atoms with Gasteiger partial charge in [-0.15, -0.1) is 0 Å². The van der Waals surface area contributed by atoms with E-state index < -0.39 is 0 Å². The van der Waals surface area contributed by atoms with Gasteiger partial charge in [-0.1, -0.05) is 262 Å². The second-order valence-electron chi connectivity index (χ2n) is 53.6. The van der Waals surface area contributed by atoms with Crippen LogP contribution < -0.4 is 21.3 Å². The van der Waals surface area contributed by atoms with E-state index in [1.807, 2.05) is 0 Å². The number of amides is 4. The van der Waals surface area contributed by atoms with E-state index >= 15 is 19.2 Å². The average molecular weight is 1760 g/mol. The molecule has 10 nitrogen and oxygen atoms in total. The SMILES string of the molecule is CC(C)CCC[C@@H](C)[C@H]1CC[C@H]2[C@@H]3CC=C4C[C@@H](NC(=O)CN(CCN(CC(=O)N[C@H]5CC[C@@]6(C)C(=CC[C@H]7[C@@H]8CC[C@H]([C@H](C)CCCC(C)C)[C@@]8(C)CC[C@@H]76)C5)CC(=O)N[C@H]5CC[C@@]6(C)C(=CC[C@H]7[C@@H]8CC[C@H]([C@H](C)CCCC(C)C)[C@@]8(C)CC[C@@H]76)C5)CC(=O)N[C@H]5CC[C@@]6(C)C(=CC[C@H]7[C@@H]8CC[C@H]([C@H](C)CCCC(C)C)[C@@]8(C)CC[C@@H]76)C5)CC[C@]4(C)[C@H]3CC[C@]12C. The van der Waals surface area contributed by atoms with Crippen LogP contribution in [0.15, 0.2) is 46.6 Å². The zero-order valence-corrected chi connectivity index (χ0v) is 86.4. The number of nitrogens with zero attached hydrogens (tertiary/aromatic N) is 2. The first-order valence-electron chi connectivity index (χ1n) is 56.3. The van der Waals surface area contributed by atoms with Crippen LogP contribution in [-0.4, -0.2) is 96.9 Å². The van der Waals surface area contributed by atoms with Gasteiger partial charge in [-0.3, -0.25) is 29.0 Å². The van der Waals surface area contributed by atoms with E-state index in [9.17, 15) is 0 Å². The van der Waals surface area contributed by atoms with Gasteiger partial charge >= 0.3 is 0 Å². The highest BCUT2D eigenvalue weighted by atomic mass is 16.2. The van der Waals surface area contributed by atoms with Crippen molar-refractivity contribution in [3.05, 3.63) is 46.6 Å². The molecule has 16 aliphatic carbocycles. The summed E-state index contributed by atoms with van der Waals surface area (Å²) in [6.07, 6.45) is 65.9. The van der Waals surface area contributed by atoms with E-state index in [1.165, 1.54) is 205 Å². The van der Waals surface area contributed by atoms with Crippen LogP contribution in [0.5, 0.6) is 0 Å². The third-order valence-corrected chi connectivity index (χ3v) is 44.9. The maximum atomic E-state index is 15.3. The molecule has 12 saturated carbocycles. The molecule has 10 heteroatoms. The van der Waals surface area contributed by atoms with Gasteiger partial charge in [-0.2, -0.15) is 0 Å². The zero-order chi connectivity index (χ0) is 91.0. The minimum atomic E-state index is -0.0161. The van der Waals surface area contributed by atoms with Crippen molar-refractivity contribution >= 4 is 23.6 Å². The van der Waals surface area contributed by atoms with E-state index in [4.69, 9.17) is 0 Å². The molecule has 12 fully saturated rings. The first-order valence-corrected chi connectivity index (χ1v) is 56.3. The lowest BCUT2D eigenvalue weighted by molar-refractivity contribution is -0.129. The molecule has 0 unspecified atom stereocenters. The number of rotatable bonds is 35. The number of carbonyl (C=O) groups is 4. The molecule has 4 N–H and O–H groups in total. The summed E-state index contributed by atoms with van der Waals surface area (Å²) in [6.45, 7) is 52.0. The molecular formula is C118H196N6O4. The fraction of sp³-hybridized carbons (Fsp3) is 0.898. The van der Waals surface area contributed by atoms with Gasteiger partial charge in [0.05, 0.1) is 26.2 Å². The monoisotopic (exact) mass is 1760 g/mol. The quantitative estimate of drug-likeness (QED) is 0.0469. The molecule has 0 aromatic carbocycles. The summed E-state index contributed by atoms with van der Waals surface area (Å²) in [7, 11) is 0. The maximum Gasteiger partial charge on any atom is 0.234 e. The topological polar surface area (TPSA) is 123 Å². The van der Waals surface area contributed by atoms with E-state index in [1.54, 1.807) is 22.3 Å². The van der Waals surface area contributed by atoms with Gasteiger partial charge in [0.2, 0.25) is 23.6 Å². The Morgan fingerprint density at radius 2 is 0.492 bits per heavy atom. The van der Waals surface area contributed by atoms with E-state index in [-0.39, 0.29) is 95.6 Å². The van der Waals surface area contributed by atoms with Crippen LogP contribution in [0.4, 0.5) is 0 Å². The lowest BCUT2D eigenvalue weighted by Gasteiger charge is -2.58. The van der Waals surface area contributed by atoms with Crippen LogP contribution in [0.2, 0.25) is 0 Å². The second-order valence-corrected chi connectivity index (χ2v) is 53.6. The molecule has 4 amide bonds. The summed E-state index contributed by atoms with van der Waals surface area (Å²) >= 11 is 0. The Hall–Kier alpha value is -3.24. The summed E-state index contributed by atoms with van der Waals surface area (Å²) in [6, 6.07) is 0.187. The fourth-order valence-electron chi connectivity index (χ4n) is 37.9. The first kappa shape index (κ1) is 97.8. The normalized spacial score (nSPS) is 42.5. The predicted molar refractivity (Wildman–Crippen MR) is 533 cm³/mol. The van der Waals surface area contributed by atoms with Crippen molar-refractivity contribution in [1.82, 2.24) is 31.1 Å². The molecule has 0 aliphatic heterocycles. The van der Waals surface area contributed by atoms with E-state index in [0.29, 0.717) is 58.4 Å². The number of allylic oxidation sites excluding steroid dienone is 4. The lowest BCUT2D eigenvalue weighted by Crippen LogP contribution is -2.54. The molecule has 16 aliphatic rings. The first-order chi connectivity index (χ1) is 60.9. The summed E-state index contributed by atoms with van der Waals surface area (Å²) in [5.41, 5.74) is 8.82. The van der Waals surface area contributed by atoms with Crippen LogP contribution in [0.25, 0.3) is 0 Å². The van der Waals surface area contributed by atoms with Crippen LogP contribution >= 0.6 is 0 Å². The number of carbonyl (C=O) groups excluding carboxylic acids is 4. The standard InChI is InChI=1S/C118H196N6O4/c1-75(2)25-21-29-79(9)95-41-45-99-91-37-33-83-67-87(49-57-111(83,13)103(91)53-61-115(95,99)17)119-107(125)71-123(72-108(126)120-88-50-58-112(14)84(68-88)34-38-92-100-46-42-96(80(10)30-22-26-76(3)4)116(100,18)62-54-104(92)112)65-66-124(73-109(127)121-89-51-59-113(15)85(69-89)35-39-93-101-47-43-97(81(11)31-23-27-77(5)6)117(101,19)63-55-105(93)113)74-110(128)122-90-52-60-114(16)86(70-90)36-40-94-102-48-44-98(82(12)32-24-28-78(7)8)118(102,20)64-56-106(94)114/h33-36,75-82,87-106H,21-32,37-74H2,1-20H3,(H,119,125)(H,120,126)(H,121,127)(H,122,128)/t79-,80-,81-,82-,87+,88+,89+,90+,91+,92+,93+,94+,95-,96-,97-,98-,99+,100+,101+,102+,103+,104+,105+,106+,111+,112+,113+,114+,115-,116-,117-,118-/m1/s1. The highest BCUT2D eigenvalue weighted by molar-refractivity contribution is 5.82. The van der Waals surface area contributed by atoms with Crippen LogP contribution in [0, 0.1) is 185 Å². The molecule has 0 radical (unpaired) electrons. The lowest BCUT2D eigenvalue weighted by atomic mass is 9.47. The minimum Gasteiger partial charge on any atom is -0.352 e. The molecule has 128 heavy (non-hydrogen) atoms. The van der Waals surface area contributed by atoms with Crippen molar-refractivity contribution in [2.45, 2.75) is 445 Å². The van der Waals surface area contributed by atoms with Gasteiger partial charge in [0, 0.05) is 37.3 Å². The Morgan fingerprint density at radius 1 is 0.281 bits per heavy atom. The molecule has 0 saturated heterocycles. The molecule has 0 aromatic heterocycles. The summed E-state index contributed by atoms with van der Waals surface area (Å²) in [5, 5.41) is 14.7. The predicted octanol–water partition coefficient (Wildman–Crippen LogP) is 27.7. The van der Waals surface area contributed by atoms with Crippen molar-refractivity contribution in [2.75, 3.05) is 39.3 Å². The highest BCUT2D eigenvalue weighted by Gasteiger charge is 2.65. The van der Waals surface area contributed by atoms with Gasteiger partial charge < -0.3 is 21.3 Å². The van der Waals surface area contributed by atoms with Crippen LogP contribution in [-0.2, 0) is 19.2 Å². The van der Waals surface area contributed by atoms with Crippen LogP contribution in [0.1, 0.15) is 421 Å². The molecular weight excluding hydrogens is 1570 g/mol. The van der Waals surface area contributed by atoms with E-state index in [2.05, 4.69) is 194 Å². The zero-order valence-electron chi connectivity index (χ0n) is 86.4. The van der Waals surface area contributed by atoms with Gasteiger partial charge in [0.15, 0.2) is 0 Å². The largest absolute Gasteiger partial charge is 0.352 e. The minimum absolute atomic E-state index is 0.0161. The molecule has 0 heterocycles. The van der Waals surface area contributed by atoms with Gasteiger partial charge in [0.25, 0.3) is 0 Å². The molecule has 0 bridgehead atoms. The third-order valence-electron chi connectivity index (χ3n) is 44.9. The smallest absolute Gasteiger partial charge is 0.234 e. The number of hydrogen-bond donors (Lipinski definition) is 4. The Bertz CT molecular complexity index is 3470. The summed E-state index contributed by atoms with van der Waals surface area (Å²) in [4.78, 5) is 65.4. The van der Waals surface area contributed by atoms with Gasteiger partial charge in [-0.05, 0) is 391 Å². The molecule has 0 spiro atoms. The number of fused-ring (bicyclic) bond motifs is 20. The molecule has 16 rings (SSSR count). The maximum absolute atomic E-state index is 15.3. The van der Waals surface area contributed by atoms with Crippen molar-refractivity contribution in [3.63, 3.8) is 0 Å². The van der Waals surface area contributed by atoms with Crippen molar-refractivity contribution in [1.29, 1.82) is 0 Å². The Kier molecular flexibility index (Phi) is 30.3. The molecule has 32 atom stereocenters. The fourth-order valence-corrected chi connectivity index (χ4v) is 37.9. The molecule has 722 valence electrons. The molecule has 0 aromatic rings. The number of nitrogens with one attached hydrogen (secondary N) is 4. The second kappa shape index (κ2) is 39.7. The van der Waals surface area contributed by atoms with Crippen LogP contribution in [0.3, 0.4) is 0 Å². The van der Waals surface area contributed by atoms with Crippen molar-refractivity contribution in [2.24, 2.45) is 185 Å². The van der Waals surface area contributed by atoms with E-state index in [0.717, 1.165) is 195 Å². The average Bonchev–Trinajstić information content (AvgIpc) is 0.892. The Balaban J connectivity index is 0.613. The Labute approximate surface area is 785 Å².